The quantitative estimate of drug-likeness (QED) is 0.463. The van der Waals surface area contributed by atoms with Gasteiger partial charge in [-0.1, -0.05) is 51.4 Å². The van der Waals surface area contributed by atoms with Gasteiger partial charge < -0.3 is 25.4 Å². The number of ether oxygens (including phenoxy) is 1. The molecule has 9 heteroatoms. The van der Waals surface area contributed by atoms with Gasteiger partial charge in [0.25, 0.3) is 0 Å². The summed E-state index contributed by atoms with van der Waals surface area (Å²) in [6.07, 6.45) is -0.431. The van der Waals surface area contributed by atoms with Gasteiger partial charge in [0.15, 0.2) is 0 Å². The minimum atomic E-state index is -1.25. The average molecular weight is 510 g/mol. The van der Waals surface area contributed by atoms with Gasteiger partial charge in [0.1, 0.15) is 17.7 Å². The van der Waals surface area contributed by atoms with Crippen molar-refractivity contribution in [2.75, 3.05) is 19.6 Å². The first-order chi connectivity index (χ1) is 16.1. The number of hydrogen-bond acceptors (Lipinski definition) is 5. The van der Waals surface area contributed by atoms with E-state index in [9.17, 15) is 19.5 Å². The number of hydrogen-bond donors (Lipinski definition) is 3. The van der Waals surface area contributed by atoms with E-state index in [2.05, 4.69) is 36.6 Å². The standard InChI is InChI=1S/C26H40ClN3O5/c1-16(2)21(29-24(34)28-14-26(6,7)35-23(33)17(3)31)22(32)30-13-12-20(25(4,5)15-30)18-8-10-19(27)11-9-18/h8-11,16-17,20-21,31H,12-15H2,1-7H3,(H2,28,29,34)/t17?,20?,21-/m1/s1. The van der Waals surface area contributed by atoms with Crippen molar-refractivity contribution in [1.82, 2.24) is 15.5 Å². The van der Waals surface area contributed by atoms with Gasteiger partial charge >= 0.3 is 12.0 Å². The van der Waals surface area contributed by atoms with Crippen LogP contribution in [0.4, 0.5) is 4.79 Å². The van der Waals surface area contributed by atoms with Gasteiger partial charge in [-0.15, -0.1) is 0 Å². The highest BCUT2D eigenvalue weighted by Gasteiger charge is 2.40. The van der Waals surface area contributed by atoms with Crippen LogP contribution in [-0.4, -0.2) is 65.3 Å². The summed E-state index contributed by atoms with van der Waals surface area (Å²) in [5, 5.41) is 15.5. The smallest absolute Gasteiger partial charge is 0.335 e. The predicted molar refractivity (Wildman–Crippen MR) is 136 cm³/mol. The number of piperidine rings is 1. The molecule has 1 heterocycles. The number of benzene rings is 1. The SMILES string of the molecule is CC(O)C(=O)OC(C)(C)CNC(=O)N[C@@H](C(=O)N1CCC(c2ccc(Cl)cc2)C(C)(C)C1)C(C)C. The summed E-state index contributed by atoms with van der Waals surface area (Å²) >= 11 is 6.05. The van der Waals surface area contributed by atoms with Gasteiger partial charge in [0.2, 0.25) is 5.91 Å². The second kappa shape index (κ2) is 11.6. The molecule has 35 heavy (non-hydrogen) atoms. The molecule has 1 aliphatic rings. The van der Waals surface area contributed by atoms with E-state index in [1.807, 2.05) is 30.9 Å². The maximum Gasteiger partial charge on any atom is 0.335 e. The number of likely N-dealkylation sites (tertiary alicyclic amines) is 1. The van der Waals surface area contributed by atoms with Crippen LogP contribution in [-0.2, 0) is 14.3 Å². The molecule has 1 aliphatic heterocycles. The lowest BCUT2D eigenvalue weighted by Crippen LogP contribution is -2.58. The molecule has 0 spiro atoms. The van der Waals surface area contributed by atoms with E-state index in [1.54, 1.807) is 13.8 Å². The maximum atomic E-state index is 13.4. The van der Waals surface area contributed by atoms with Crippen LogP contribution in [0.5, 0.6) is 0 Å². The normalized spacial score (nSPS) is 19.6. The number of esters is 1. The molecule has 8 nitrogen and oxygen atoms in total. The summed E-state index contributed by atoms with van der Waals surface area (Å²) in [5.74, 6) is -0.704. The summed E-state index contributed by atoms with van der Waals surface area (Å²) in [4.78, 5) is 39.5. The van der Waals surface area contributed by atoms with Crippen LogP contribution in [0, 0.1) is 11.3 Å². The minimum absolute atomic E-state index is 0.0236. The van der Waals surface area contributed by atoms with Crippen molar-refractivity contribution in [3.63, 3.8) is 0 Å². The van der Waals surface area contributed by atoms with Crippen molar-refractivity contribution in [3.05, 3.63) is 34.9 Å². The van der Waals surface area contributed by atoms with Crippen molar-refractivity contribution in [2.24, 2.45) is 11.3 Å². The first kappa shape index (κ1) is 28.9. The van der Waals surface area contributed by atoms with Crippen molar-refractivity contribution < 1.29 is 24.2 Å². The number of urea groups is 1. The molecule has 2 rings (SSSR count). The Balaban J connectivity index is 2.00. The van der Waals surface area contributed by atoms with Crippen LogP contribution in [0.25, 0.3) is 0 Å². The number of nitrogens with one attached hydrogen (secondary N) is 2. The molecule has 1 saturated heterocycles. The topological polar surface area (TPSA) is 108 Å². The van der Waals surface area contributed by atoms with E-state index in [-0.39, 0.29) is 23.8 Å². The molecule has 0 radical (unpaired) electrons. The fourth-order valence-corrected chi connectivity index (χ4v) is 4.57. The van der Waals surface area contributed by atoms with Crippen molar-refractivity contribution in [2.45, 2.75) is 78.6 Å². The predicted octanol–water partition coefficient (Wildman–Crippen LogP) is 3.71. The zero-order chi connectivity index (χ0) is 26.6. The van der Waals surface area contributed by atoms with Crippen LogP contribution >= 0.6 is 11.6 Å². The van der Waals surface area contributed by atoms with Gasteiger partial charge in [-0.2, -0.15) is 0 Å². The maximum absolute atomic E-state index is 13.4. The third-order valence-corrected chi connectivity index (χ3v) is 6.68. The van der Waals surface area contributed by atoms with Crippen molar-refractivity contribution in [3.8, 4) is 0 Å². The molecule has 1 aromatic carbocycles. The Morgan fingerprint density at radius 2 is 1.80 bits per heavy atom. The number of aliphatic hydroxyl groups is 1. The van der Waals surface area contributed by atoms with E-state index < -0.39 is 29.7 Å². The third kappa shape index (κ3) is 8.10. The van der Waals surface area contributed by atoms with Gasteiger partial charge in [-0.3, -0.25) is 4.79 Å². The Hall–Kier alpha value is -2.32. The summed E-state index contributed by atoms with van der Waals surface area (Å²) < 4.78 is 5.21. The minimum Gasteiger partial charge on any atom is -0.456 e. The van der Waals surface area contributed by atoms with Crippen LogP contribution in [0.3, 0.4) is 0 Å². The first-order valence-corrected chi connectivity index (χ1v) is 12.5. The molecule has 1 aromatic rings. The molecule has 3 amide bonds. The molecule has 0 aliphatic carbocycles. The number of halogens is 1. The zero-order valence-corrected chi connectivity index (χ0v) is 22.6. The van der Waals surface area contributed by atoms with E-state index >= 15 is 0 Å². The molecule has 1 fully saturated rings. The Morgan fingerprint density at radius 3 is 2.31 bits per heavy atom. The summed E-state index contributed by atoms with van der Waals surface area (Å²) in [6, 6.07) is 6.68. The lowest BCUT2D eigenvalue weighted by atomic mass is 9.70. The van der Waals surface area contributed by atoms with Gasteiger partial charge in [-0.25, -0.2) is 9.59 Å². The number of carbonyl (C=O) groups excluding carboxylic acids is 3. The van der Waals surface area contributed by atoms with E-state index in [0.717, 1.165) is 6.42 Å². The zero-order valence-electron chi connectivity index (χ0n) is 21.9. The van der Waals surface area contributed by atoms with E-state index in [4.69, 9.17) is 16.3 Å². The summed E-state index contributed by atoms with van der Waals surface area (Å²) in [5.41, 5.74) is 0.0443. The van der Waals surface area contributed by atoms with Gasteiger partial charge in [0, 0.05) is 18.1 Å². The second-order valence-electron chi connectivity index (χ2n) is 11.0. The van der Waals surface area contributed by atoms with Gasteiger partial charge in [0.05, 0.1) is 6.54 Å². The average Bonchev–Trinajstić information content (AvgIpc) is 2.75. The Morgan fingerprint density at radius 1 is 1.20 bits per heavy atom. The molecular weight excluding hydrogens is 470 g/mol. The van der Waals surface area contributed by atoms with Crippen molar-refractivity contribution in [1.29, 1.82) is 0 Å². The number of rotatable bonds is 8. The third-order valence-electron chi connectivity index (χ3n) is 6.43. The monoisotopic (exact) mass is 509 g/mol. The van der Waals surface area contributed by atoms with Crippen molar-refractivity contribution >= 4 is 29.5 Å². The molecule has 3 N–H and O–H groups in total. The van der Waals surface area contributed by atoms with Crippen LogP contribution in [0.15, 0.2) is 24.3 Å². The fraction of sp³-hybridized carbons (Fsp3) is 0.654. The Bertz CT molecular complexity index is 899. The molecular formula is C26H40ClN3O5. The molecule has 0 aromatic heterocycles. The van der Waals surface area contributed by atoms with E-state index in [1.165, 1.54) is 12.5 Å². The van der Waals surface area contributed by atoms with Crippen LogP contribution < -0.4 is 10.6 Å². The summed E-state index contributed by atoms with van der Waals surface area (Å²) in [6.45, 7) is 13.9. The second-order valence-corrected chi connectivity index (χ2v) is 11.5. The number of aliphatic hydroxyl groups excluding tert-OH is 1. The highest BCUT2D eigenvalue weighted by molar-refractivity contribution is 6.30. The molecule has 2 unspecified atom stereocenters. The number of carbonyl (C=O) groups is 3. The molecule has 0 bridgehead atoms. The largest absolute Gasteiger partial charge is 0.456 e. The molecule has 196 valence electrons. The highest BCUT2D eigenvalue weighted by atomic mass is 35.5. The van der Waals surface area contributed by atoms with E-state index in [0.29, 0.717) is 24.0 Å². The molecule has 0 saturated carbocycles. The molecule has 3 atom stereocenters. The van der Waals surface area contributed by atoms with Gasteiger partial charge in [-0.05, 0) is 62.1 Å². The Labute approximate surface area is 213 Å². The van der Waals surface area contributed by atoms with Crippen LogP contribution in [0.1, 0.15) is 66.4 Å². The lowest BCUT2D eigenvalue weighted by Gasteiger charge is -2.45. The number of nitrogens with zero attached hydrogens (tertiary/aromatic N) is 1. The highest BCUT2D eigenvalue weighted by Crippen LogP contribution is 2.42. The summed E-state index contributed by atoms with van der Waals surface area (Å²) in [7, 11) is 0. The van der Waals surface area contributed by atoms with Crippen LogP contribution in [0.2, 0.25) is 5.02 Å². The number of amides is 3. The lowest BCUT2D eigenvalue weighted by molar-refractivity contribution is -0.165. The Kier molecular flexibility index (Phi) is 9.59. The first-order valence-electron chi connectivity index (χ1n) is 12.1. The fourth-order valence-electron chi connectivity index (χ4n) is 4.45.